The second-order valence-corrected chi connectivity index (χ2v) is 2.58. The third-order valence-electron chi connectivity index (χ3n) is 1.56. The van der Waals surface area contributed by atoms with Crippen LogP contribution in [0.15, 0.2) is 0 Å². The van der Waals surface area contributed by atoms with E-state index in [-0.39, 0.29) is 12.8 Å². The van der Waals surface area contributed by atoms with Gasteiger partial charge in [0.1, 0.15) is 0 Å². The van der Waals surface area contributed by atoms with Crippen LogP contribution in [0.5, 0.6) is 0 Å². The summed E-state index contributed by atoms with van der Waals surface area (Å²) < 4.78 is 17.3. The summed E-state index contributed by atoms with van der Waals surface area (Å²) in [6.07, 6.45) is -1.73. The van der Waals surface area contributed by atoms with Crippen LogP contribution in [0, 0.1) is 0 Å². The van der Waals surface area contributed by atoms with Crippen LogP contribution in [-0.4, -0.2) is 30.2 Å². The molecule has 0 unspecified atom stereocenters. The standard InChI is InChI=1S/C6H10FNO3/c1-8-5(10)11-6(7)2-4(9)3-6/h4,9H,2-3H2,1H3,(H,8,10). The molecule has 1 amide bonds. The lowest BCUT2D eigenvalue weighted by Gasteiger charge is -2.36. The second-order valence-electron chi connectivity index (χ2n) is 2.58. The Kier molecular flexibility index (Phi) is 1.99. The molecule has 0 saturated heterocycles. The van der Waals surface area contributed by atoms with Gasteiger partial charge >= 0.3 is 6.09 Å². The van der Waals surface area contributed by atoms with E-state index in [2.05, 4.69) is 10.1 Å². The Balaban J connectivity index is 2.32. The predicted octanol–water partition coefficient (Wildman–Crippen LogP) is 0.163. The summed E-state index contributed by atoms with van der Waals surface area (Å²) >= 11 is 0. The molecule has 0 aromatic rings. The summed E-state index contributed by atoms with van der Waals surface area (Å²) in [5.74, 6) is -1.94. The average molecular weight is 163 g/mol. The largest absolute Gasteiger partial charge is 0.412 e. The van der Waals surface area contributed by atoms with Gasteiger partial charge in [-0.3, -0.25) is 0 Å². The molecule has 0 spiro atoms. The van der Waals surface area contributed by atoms with E-state index in [1.54, 1.807) is 0 Å². The lowest BCUT2D eigenvalue weighted by atomic mass is 9.89. The van der Waals surface area contributed by atoms with Gasteiger partial charge in [0.15, 0.2) is 0 Å². The van der Waals surface area contributed by atoms with Crippen LogP contribution in [0.25, 0.3) is 0 Å². The highest BCUT2D eigenvalue weighted by Gasteiger charge is 2.47. The van der Waals surface area contributed by atoms with Crippen LogP contribution in [0.1, 0.15) is 12.8 Å². The van der Waals surface area contributed by atoms with Gasteiger partial charge in [0, 0.05) is 19.9 Å². The van der Waals surface area contributed by atoms with E-state index >= 15 is 0 Å². The van der Waals surface area contributed by atoms with Gasteiger partial charge in [-0.25, -0.2) is 4.79 Å². The van der Waals surface area contributed by atoms with Crippen molar-refractivity contribution in [3.8, 4) is 0 Å². The lowest BCUT2D eigenvalue weighted by Crippen LogP contribution is -2.48. The van der Waals surface area contributed by atoms with Crippen molar-refractivity contribution in [3.63, 3.8) is 0 Å². The summed E-state index contributed by atoms with van der Waals surface area (Å²) in [4.78, 5) is 10.5. The first-order valence-corrected chi connectivity index (χ1v) is 3.33. The van der Waals surface area contributed by atoms with Crippen molar-refractivity contribution < 1.29 is 19.0 Å². The zero-order valence-electron chi connectivity index (χ0n) is 6.13. The molecule has 0 aliphatic heterocycles. The molecule has 1 fully saturated rings. The average Bonchev–Trinajstić information content (AvgIpc) is 1.84. The highest BCUT2D eigenvalue weighted by atomic mass is 19.2. The fourth-order valence-corrected chi connectivity index (χ4v) is 0.944. The summed E-state index contributed by atoms with van der Waals surface area (Å²) in [6, 6.07) is 0. The van der Waals surface area contributed by atoms with Crippen molar-refractivity contribution in [2.75, 3.05) is 7.05 Å². The van der Waals surface area contributed by atoms with Crippen LogP contribution >= 0.6 is 0 Å². The predicted molar refractivity (Wildman–Crippen MR) is 34.6 cm³/mol. The molecule has 1 rings (SSSR count). The van der Waals surface area contributed by atoms with Gasteiger partial charge in [0.05, 0.1) is 6.10 Å². The van der Waals surface area contributed by atoms with Crippen molar-refractivity contribution in [1.82, 2.24) is 5.32 Å². The number of alkyl halides is 1. The Labute approximate surface area is 63.3 Å². The second kappa shape index (κ2) is 2.65. The summed E-state index contributed by atoms with van der Waals surface area (Å²) in [6.45, 7) is 0. The van der Waals surface area contributed by atoms with Crippen LogP contribution in [0.2, 0.25) is 0 Å². The molecular weight excluding hydrogens is 153 g/mol. The Bertz CT molecular complexity index is 167. The number of carbonyl (C=O) groups is 1. The van der Waals surface area contributed by atoms with Crippen LogP contribution in [0.3, 0.4) is 0 Å². The first kappa shape index (κ1) is 8.26. The zero-order valence-corrected chi connectivity index (χ0v) is 6.13. The van der Waals surface area contributed by atoms with E-state index < -0.39 is 18.1 Å². The number of amides is 1. The van der Waals surface area contributed by atoms with Gasteiger partial charge in [-0.2, -0.15) is 4.39 Å². The minimum atomic E-state index is -1.94. The molecule has 1 saturated carbocycles. The molecule has 4 nitrogen and oxygen atoms in total. The van der Waals surface area contributed by atoms with Crippen molar-refractivity contribution >= 4 is 6.09 Å². The lowest BCUT2D eigenvalue weighted by molar-refractivity contribution is -0.198. The smallest absolute Gasteiger partial charge is 0.409 e. The van der Waals surface area contributed by atoms with Gasteiger partial charge in [0.25, 0.3) is 5.85 Å². The molecular formula is C6H10FNO3. The fraction of sp³-hybridized carbons (Fsp3) is 0.833. The van der Waals surface area contributed by atoms with Crippen molar-refractivity contribution in [3.05, 3.63) is 0 Å². The Morgan fingerprint density at radius 3 is 2.73 bits per heavy atom. The fourth-order valence-electron chi connectivity index (χ4n) is 0.944. The quantitative estimate of drug-likeness (QED) is 0.579. The summed E-state index contributed by atoms with van der Waals surface area (Å²) in [5.41, 5.74) is 0. The molecule has 0 aromatic carbocycles. The van der Waals surface area contributed by atoms with E-state index in [4.69, 9.17) is 5.11 Å². The van der Waals surface area contributed by atoms with Gasteiger partial charge in [-0.15, -0.1) is 0 Å². The number of ether oxygens (including phenoxy) is 1. The Morgan fingerprint density at radius 2 is 2.36 bits per heavy atom. The number of hydrogen-bond acceptors (Lipinski definition) is 3. The monoisotopic (exact) mass is 163 g/mol. The van der Waals surface area contributed by atoms with Crippen LogP contribution in [-0.2, 0) is 4.74 Å². The molecule has 0 bridgehead atoms. The Morgan fingerprint density at radius 1 is 1.82 bits per heavy atom. The third kappa shape index (κ3) is 1.80. The molecule has 0 heterocycles. The highest BCUT2D eigenvalue weighted by Crippen LogP contribution is 2.37. The van der Waals surface area contributed by atoms with Gasteiger partial charge in [0.2, 0.25) is 0 Å². The van der Waals surface area contributed by atoms with Crippen molar-refractivity contribution in [2.45, 2.75) is 24.8 Å². The van der Waals surface area contributed by atoms with E-state index in [1.165, 1.54) is 7.05 Å². The van der Waals surface area contributed by atoms with E-state index in [1.807, 2.05) is 0 Å². The molecule has 0 radical (unpaired) electrons. The SMILES string of the molecule is CNC(=O)OC1(F)CC(O)C1. The van der Waals surface area contributed by atoms with Crippen molar-refractivity contribution in [1.29, 1.82) is 0 Å². The minimum absolute atomic E-state index is 0.125. The third-order valence-corrected chi connectivity index (χ3v) is 1.56. The number of hydrogen-bond donors (Lipinski definition) is 2. The maximum absolute atomic E-state index is 13.0. The molecule has 1 aliphatic rings. The van der Waals surface area contributed by atoms with Gasteiger partial charge in [-0.05, 0) is 0 Å². The first-order chi connectivity index (χ1) is 5.06. The number of nitrogens with one attached hydrogen (secondary N) is 1. The number of carbonyl (C=O) groups excluding carboxylic acids is 1. The minimum Gasteiger partial charge on any atom is -0.412 e. The maximum Gasteiger partial charge on any atom is 0.409 e. The molecule has 11 heavy (non-hydrogen) atoms. The number of alkyl carbamates (subject to hydrolysis) is 1. The van der Waals surface area contributed by atoms with Crippen LogP contribution in [0.4, 0.5) is 9.18 Å². The van der Waals surface area contributed by atoms with Crippen LogP contribution < -0.4 is 5.32 Å². The molecule has 0 atom stereocenters. The summed E-state index contributed by atoms with van der Waals surface area (Å²) in [7, 11) is 1.35. The number of rotatable bonds is 1. The number of aliphatic hydroxyl groups excluding tert-OH is 1. The normalized spacial score (nSPS) is 35.7. The summed E-state index contributed by atoms with van der Waals surface area (Å²) in [5, 5.41) is 10.8. The number of halogens is 1. The molecule has 2 N–H and O–H groups in total. The molecule has 0 aromatic heterocycles. The molecule has 5 heteroatoms. The van der Waals surface area contributed by atoms with Gasteiger partial charge in [-0.1, -0.05) is 0 Å². The molecule has 1 aliphatic carbocycles. The Hall–Kier alpha value is -0.840. The van der Waals surface area contributed by atoms with E-state index in [0.717, 1.165) is 0 Å². The van der Waals surface area contributed by atoms with E-state index in [0.29, 0.717) is 0 Å². The highest BCUT2D eigenvalue weighted by molar-refractivity contribution is 5.67. The van der Waals surface area contributed by atoms with E-state index in [9.17, 15) is 9.18 Å². The maximum atomic E-state index is 13.0. The molecule has 64 valence electrons. The zero-order chi connectivity index (χ0) is 8.48. The first-order valence-electron chi connectivity index (χ1n) is 3.33. The number of aliphatic hydroxyl groups is 1. The van der Waals surface area contributed by atoms with Gasteiger partial charge < -0.3 is 15.2 Å². The van der Waals surface area contributed by atoms with Crippen molar-refractivity contribution in [2.24, 2.45) is 0 Å². The topological polar surface area (TPSA) is 58.6 Å².